The number of furan rings is 1. The summed E-state index contributed by atoms with van der Waals surface area (Å²) in [6.45, 7) is 1.75. The number of carbonyl (C=O) groups is 1. The summed E-state index contributed by atoms with van der Waals surface area (Å²) in [4.78, 5) is 19.4. The highest BCUT2D eigenvalue weighted by molar-refractivity contribution is 6.09. The van der Waals surface area contributed by atoms with Crippen LogP contribution >= 0.6 is 0 Å². The maximum atomic E-state index is 11.8. The second-order valence-electron chi connectivity index (χ2n) is 2.85. The van der Waals surface area contributed by atoms with Gasteiger partial charge in [0, 0.05) is 12.4 Å². The standard InChI is InChI=1S/C10H8N2O2/c1-7-9(2-3-14-7)10(13)8-4-11-6-12-5-8/h2-6H,1H3. The van der Waals surface area contributed by atoms with Gasteiger partial charge in [0.05, 0.1) is 17.4 Å². The third-order valence-electron chi connectivity index (χ3n) is 1.93. The molecule has 4 nitrogen and oxygen atoms in total. The quantitative estimate of drug-likeness (QED) is 0.672. The van der Waals surface area contributed by atoms with E-state index >= 15 is 0 Å². The summed E-state index contributed by atoms with van der Waals surface area (Å²) in [5.74, 6) is 0.496. The Kier molecular flexibility index (Phi) is 2.10. The van der Waals surface area contributed by atoms with Crippen LogP contribution in [0.4, 0.5) is 0 Å². The van der Waals surface area contributed by atoms with Crippen LogP contribution in [0.5, 0.6) is 0 Å². The zero-order valence-corrected chi connectivity index (χ0v) is 7.60. The van der Waals surface area contributed by atoms with Crippen LogP contribution in [-0.4, -0.2) is 15.8 Å². The SMILES string of the molecule is Cc1occc1C(=O)c1cncnc1. The van der Waals surface area contributed by atoms with Gasteiger partial charge in [0.15, 0.2) is 5.78 Å². The maximum Gasteiger partial charge on any atom is 0.199 e. The summed E-state index contributed by atoms with van der Waals surface area (Å²) >= 11 is 0. The van der Waals surface area contributed by atoms with Crippen LogP contribution in [0.2, 0.25) is 0 Å². The molecule has 0 unspecified atom stereocenters. The number of carbonyl (C=O) groups excluding carboxylic acids is 1. The highest BCUT2D eigenvalue weighted by atomic mass is 16.3. The third-order valence-corrected chi connectivity index (χ3v) is 1.93. The number of nitrogens with zero attached hydrogens (tertiary/aromatic N) is 2. The summed E-state index contributed by atoms with van der Waals surface area (Å²) < 4.78 is 5.05. The Hall–Kier alpha value is -1.97. The fraction of sp³-hybridized carbons (Fsp3) is 0.100. The van der Waals surface area contributed by atoms with Crippen molar-refractivity contribution in [2.75, 3.05) is 0 Å². The lowest BCUT2D eigenvalue weighted by molar-refractivity contribution is 0.103. The molecule has 0 fully saturated rings. The molecule has 0 radical (unpaired) electrons. The molecule has 0 saturated carbocycles. The first kappa shape index (κ1) is 8.62. The van der Waals surface area contributed by atoms with Crippen molar-refractivity contribution in [1.29, 1.82) is 0 Å². The van der Waals surface area contributed by atoms with Gasteiger partial charge in [0.2, 0.25) is 0 Å². The molecule has 4 heteroatoms. The second-order valence-corrected chi connectivity index (χ2v) is 2.85. The largest absolute Gasteiger partial charge is 0.469 e. The number of hydrogen-bond donors (Lipinski definition) is 0. The molecule has 0 aliphatic carbocycles. The molecule has 0 aliphatic heterocycles. The summed E-state index contributed by atoms with van der Waals surface area (Å²) in [7, 11) is 0. The smallest absolute Gasteiger partial charge is 0.199 e. The first-order valence-electron chi connectivity index (χ1n) is 4.13. The van der Waals surface area contributed by atoms with E-state index < -0.39 is 0 Å². The van der Waals surface area contributed by atoms with Gasteiger partial charge in [0.1, 0.15) is 12.1 Å². The molecular formula is C10H8N2O2. The van der Waals surface area contributed by atoms with E-state index in [4.69, 9.17) is 4.42 Å². The van der Waals surface area contributed by atoms with Crippen molar-refractivity contribution in [3.05, 3.63) is 47.9 Å². The van der Waals surface area contributed by atoms with Gasteiger partial charge in [-0.3, -0.25) is 4.79 Å². The minimum Gasteiger partial charge on any atom is -0.469 e. The van der Waals surface area contributed by atoms with Crippen molar-refractivity contribution in [3.63, 3.8) is 0 Å². The molecule has 0 N–H and O–H groups in total. The molecule has 70 valence electrons. The number of rotatable bonds is 2. The van der Waals surface area contributed by atoms with Gasteiger partial charge in [0.25, 0.3) is 0 Å². The van der Waals surface area contributed by atoms with E-state index in [1.807, 2.05) is 0 Å². The third kappa shape index (κ3) is 1.42. The second kappa shape index (κ2) is 3.41. The lowest BCUT2D eigenvalue weighted by Crippen LogP contribution is -2.02. The zero-order chi connectivity index (χ0) is 9.97. The lowest BCUT2D eigenvalue weighted by Gasteiger charge is -1.96. The topological polar surface area (TPSA) is 56.0 Å². The van der Waals surface area contributed by atoms with Gasteiger partial charge in [-0.1, -0.05) is 0 Å². The van der Waals surface area contributed by atoms with E-state index in [1.165, 1.54) is 25.0 Å². The highest BCUT2D eigenvalue weighted by Crippen LogP contribution is 2.13. The molecule has 0 aromatic carbocycles. The molecule has 0 atom stereocenters. The molecule has 14 heavy (non-hydrogen) atoms. The van der Waals surface area contributed by atoms with Crippen LogP contribution in [0.15, 0.2) is 35.5 Å². The molecule has 2 aromatic rings. The molecule has 0 aliphatic rings. The minimum absolute atomic E-state index is 0.114. The molecule has 2 rings (SSSR count). The average Bonchev–Trinajstić information content (AvgIpc) is 2.65. The van der Waals surface area contributed by atoms with Gasteiger partial charge >= 0.3 is 0 Å². The summed E-state index contributed by atoms with van der Waals surface area (Å²) in [6.07, 6.45) is 5.86. The predicted octanol–water partition coefficient (Wildman–Crippen LogP) is 1.61. The van der Waals surface area contributed by atoms with Crippen molar-refractivity contribution in [2.45, 2.75) is 6.92 Å². The van der Waals surface area contributed by atoms with Crippen molar-refractivity contribution in [3.8, 4) is 0 Å². The summed E-state index contributed by atoms with van der Waals surface area (Å²) in [5, 5.41) is 0. The van der Waals surface area contributed by atoms with E-state index in [2.05, 4.69) is 9.97 Å². The zero-order valence-electron chi connectivity index (χ0n) is 7.60. The van der Waals surface area contributed by atoms with Gasteiger partial charge in [-0.2, -0.15) is 0 Å². The van der Waals surface area contributed by atoms with Crippen LogP contribution in [0.25, 0.3) is 0 Å². The van der Waals surface area contributed by atoms with Crippen molar-refractivity contribution >= 4 is 5.78 Å². The van der Waals surface area contributed by atoms with Crippen molar-refractivity contribution in [1.82, 2.24) is 9.97 Å². The maximum absolute atomic E-state index is 11.8. The van der Waals surface area contributed by atoms with Crippen molar-refractivity contribution in [2.24, 2.45) is 0 Å². The molecule has 2 aromatic heterocycles. The number of aromatic nitrogens is 2. The fourth-order valence-corrected chi connectivity index (χ4v) is 1.19. The van der Waals surface area contributed by atoms with E-state index in [1.54, 1.807) is 13.0 Å². The van der Waals surface area contributed by atoms with E-state index in [0.29, 0.717) is 16.9 Å². The van der Waals surface area contributed by atoms with Gasteiger partial charge < -0.3 is 4.42 Å². The van der Waals surface area contributed by atoms with Crippen LogP contribution in [0, 0.1) is 6.92 Å². The Morgan fingerprint density at radius 3 is 2.64 bits per heavy atom. The number of hydrogen-bond acceptors (Lipinski definition) is 4. The van der Waals surface area contributed by atoms with Crippen LogP contribution in [0.3, 0.4) is 0 Å². The Morgan fingerprint density at radius 1 is 1.36 bits per heavy atom. The van der Waals surface area contributed by atoms with Crippen molar-refractivity contribution < 1.29 is 9.21 Å². The molecule has 0 bridgehead atoms. The van der Waals surface area contributed by atoms with Crippen LogP contribution in [-0.2, 0) is 0 Å². The average molecular weight is 188 g/mol. The van der Waals surface area contributed by atoms with Crippen LogP contribution in [0.1, 0.15) is 21.7 Å². The Bertz CT molecular complexity index is 448. The van der Waals surface area contributed by atoms with E-state index in [9.17, 15) is 4.79 Å². The Morgan fingerprint density at radius 2 is 2.07 bits per heavy atom. The summed E-state index contributed by atoms with van der Waals surface area (Å²) in [5.41, 5.74) is 1.02. The highest BCUT2D eigenvalue weighted by Gasteiger charge is 2.13. The van der Waals surface area contributed by atoms with E-state index in [0.717, 1.165) is 0 Å². The van der Waals surface area contributed by atoms with Crippen LogP contribution < -0.4 is 0 Å². The first-order chi connectivity index (χ1) is 6.79. The minimum atomic E-state index is -0.114. The monoisotopic (exact) mass is 188 g/mol. The Labute approximate surface area is 80.6 Å². The summed E-state index contributed by atoms with van der Waals surface area (Å²) in [6, 6.07) is 1.64. The normalized spacial score (nSPS) is 10.1. The van der Waals surface area contributed by atoms with E-state index in [-0.39, 0.29) is 5.78 Å². The fourth-order valence-electron chi connectivity index (χ4n) is 1.19. The molecular weight excluding hydrogens is 180 g/mol. The lowest BCUT2D eigenvalue weighted by atomic mass is 10.1. The molecule has 0 amide bonds. The molecule has 2 heterocycles. The molecule has 0 spiro atoms. The Balaban J connectivity index is 2.39. The van der Waals surface area contributed by atoms with Gasteiger partial charge in [-0.05, 0) is 13.0 Å². The van der Waals surface area contributed by atoms with Gasteiger partial charge in [-0.25, -0.2) is 9.97 Å². The number of ketones is 1. The number of aryl methyl sites for hydroxylation is 1. The first-order valence-corrected chi connectivity index (χ1v) is 4.13. The van der Waals surface area contributed by atoms with Gasteiger partial charge in [-0.15, -0.1) is 0 Å². The predicted molar refractivity (Wildman–Crippen MR) is 48.9 cm³/mol. The molecule has 0 saturated heterocycles.